The highest BCUT2D eigenvalue weighted by molar-refractivity contribution is 8.13. The summed E-state index contributed by atoms with van der Waals surface area (Å²) in [7, 11) is 0. The topological polar surface area (TPSA) is 209 Å². The standard InChI is InChI=1S/C46H51N11O5S/c1-3-29-63-46-53-43(50-24-23-47)42-44(54-46)57(56-55-42)31-34-11-9-32(10-12-34)15-22-41(59)49-26-28-61-27-25-48-36-18-20-37(21-19-36)62-39-8-6-5-7-38(39)52-45(60)35-16-13-33(14-17-35)30-51-40(58)4-2/h4-14,16-21,42-43,48,50H,2-3,23-31,47H2,1H3,(H,49,59)(H,51,58)(H,52,60). The summed E-state index contributed by atoms with van der Waals surface area (Å²) in [5.74, 6) is 7.38. The highest BCUT2D eigenvalue weighted by Crippen LogP contribution is 2.31. The molecule has 0 radical (unpaired) electrons. The second-order valence-electron chi connectivity index (χ2n) is 14.1. The van der Waals surface area contributed by atoms with Crippen molar-refractivity contribution in [2.45, 2.75) is 38.6 Å². The van der Waals surface area contributed by atoms with E-state index in [1.807, 2.05) is 60.7 Å². The number of amidine groups is 2. The summed E-state index contributed by atoms with van der Waals surface area (Å²) in [6.07, 6.45) is 1.97. The van der Waals surface area contributed by atoms with Crippen LogP contribution in [0.25, 0.3) is 0 Å². The molecule has 0 aromatic heterocycles. The first-order chi connectivity index (χ1) is 30.8. The number of thioether (sulfide) groups is 1. The van der Waals surface area contributed by atoms with Crippen molar-refractivity contribution < 1.29 is 23.9 Å². The number of aliphatic imine (C=N–C) groups is 2. The van der Waals surface area contributed by atoms with E-state index < -0.39 is 0 Å². The van der Waals surface area contributed by atoms with Crippen molar-refractivity contribution in [1.82, 2.24) is 21.0 Å². The van der Waals surface area contributed by atoms with Crippen LogP contribution in [-0.4, -0.2) is 91.1 Å². The lowest BCUT2D eigenvalue weighted by atomic mass is 10.1. The second kappa shape index (κ2) is 24.0. The van der Waals surface area contributed by atoms with Gasteiger partial charge in [0.25, 0.3) is 11.8 Å². The van der Waals surface area contributed by atoms with Crippen LogP contribution in [0.15, 0.2) is 130 Å². The Morgan fingerprint density at radius 2 is 1.68 bits per heavy atom. The number of amides is 3. The summed E-state index contributed by atoms with van der Waals surface area (Å²) in [4.78, 5) is 46.3. The number of nitrogens with two attached hydrogens (primary N) is 1. The Labute approximate surface area is 371 Å². The zero-order valence-electron chi connectivity index (χ0n) is 35.0. The number of nitrogens with zero attached hydrogens (tertiary/aromatic N) is 5. The van der Waals surface area contributed by atoms with E-state index in [-0.39, 0.29) is 29.9 Å². The molecule has 16 nitrogen and oxygen atoms in total. The van der Waals surface area contributed by atoms with E-state index in [2.05, 4.69) is 62.3 Å². The molecule has 2 aliphatic heterocycles. The second-order valence-corrected chi connectivity index (χ2v) is 15.1. The molecule has 2 aliphatic rings. The van der Waals surface area contributed by atoms with Gasteiger partial charge in [-0.1, -0.05) is 72.8 Å². The minimum absolute atomic E-state index is 0.258. The predicted octanol–water partition coefficient (Wildman–Crippen LogP) is 5.47. The third-order valence-electron chi connectivity index (χ3n) is 9.30. The van der Waals surface area contributed by atoms with Crippen LogP contribution in [0.3, 0.4) is 0 Å². The average Bonchev–Trinajstić information content (AvgIpc) is 3.72. The fourth-order valence-corrected chi connectivity index (χ4v) is 6.81. The number of fused-ring (bicyclic) bond motifs is 1. The van der Waals surface area contributed by atoms with Crippen LogP contribution in [0, 0.1) is 11.8 Å². The summed E-state index contributed by atoms with van der Waals surface area (Å²) in [5, 5.41) is 26.4. The Morgan fingerprint density at radius 3 is 2.44 bits per heavy atom. The normalized spacial score (nSPS) is 14.9. The molecule has 63 heavy (non-hydrogen) atoms. The van der Waals surface area contributed by atoms with Gasteiger partial charge in [0, 0.05) is 61.2 Å². The number of carbonyl (C=O) groups is 3. The molecule has 2 heterocycles. The minimum Gasteiger partial charge on any atom is -0.455 e. The molecule has 4 aromatic rings. The van der Waals surface area contributed by atoms with E-state index >= 15 is 0 Å². The van der Waals surface area contributed by atoms with Gasteiger partial charge in [-0.2, -0.15) is 5.11 Å². The number of para-hydroxylation sites is 2. The van der Waals surface area contributed by atoms with Gasteiger partial charge >= 0.3 is 0 Å². The summed E-state index contributed by atoms with van der Waals surface area (Å²) < 4.78 is 11.8. The summed E-state index contributed by atoms with van der Waals surface area (Å²) in [6.45, 7) is 9.14. The molecule has 3 amide bonds. The van der Waals surface area contributed by atoms with Crippen molar-refractivity contribution in [2.24, 2.45) is 26.1 Å². The molecule has 0 saturated heterocycles. The Morgan fingerprint density at radius 1 is 0.921 bits per heavy atom. The van der Waals surface area contributed by atoms with Crippen LogP contribution in [0.4, 0.5) is 11.4 Å². The monoisotopic (exact) mass is 869 g/mol. The highest BCUT2D eigenvalue weighted by Gasteiger charge is 2.38. The minimum atomic E-state index is -0.387. The van der Waals surface area contributed by atoms with E-state index in [1.54, 1.807) is 53.2 Å². The van der Waals surface area contributed by atoms with Gasteiger partial charge in [-0.15, -0.1) is 0 Å². The van der Waals surface area contributed by atoms with E-state index in [1.165, 1.54) is 6.08 Å². The Kier molecular flexibility index (Phi) is 17.4. The van der Waals surface area contributed by atoms with Crippen molar-refractivity contribution in [3.05, 3.63) is 132 Å². The zero-order chi connectivity index (χ0) is 44.2. The lowest BCUT2D eigenvalue weighted by Gasteiger charge is -2.25. The van der Waals surface area contributed by atoms with E-state index in [0.29, 0.717) is 80.8 Å². The van der Waals surface area contributed by atoms with Gasteiger partial charge in [-0.3, -0.25) is 19.7 Å². The van der Waals surface area contributed by atoms with Gasteiger partial charge < -0.3 is 36.5 Å². The molecule has 0 saturated carbocycles. The lowest BCUT2D eigenvalue weighted by molar-refractivity contribution is -0.117. The number of carbonyl (C=O) groups excluding carboxylic acids is 3. The van der Waals surface area contributed by atoms with Crippen molar-refractivity contribution in [3.8, 4) is 23.3 Å². The van der Waals surface area contributed by atoms with Crippen LogP contribution in [0.1, 0.15) is 40.4 Å². The number of ether oxygens (including phenoxy) is 2. The quantitative estimate of drug-likeness (QED) is 0.0354. The Bertz CT molecular complexity index is 2340. The SMILES string of the molecule is C=CC(=O)NCc1ccc(C(=O)Nc2ccccc2Oc2ccc(NCCOCCNC(=O)C#Cc3ccc(CN4N=NC5C4=NC(SCCC)=NC5NCCN)cc3)cc2)cc1. The third kappa shape index (κ3) is 14.1. The smallest absolute Gasteiger partial charge is 0.296 e. The molecule has 0 spiro atoms. The highest BCUT2D eigenvalue weighted by atomic mass is 32.2. The predicted molar refractivity (Wildman–Crippen MR) is 248 cm³/mol. The number of hydrogen-bond acceptors (Lipinski definition) is 14. The molecule has 2 unspecified atom stereocenters. The van der Waals surface area contributed by atoms with Gasteiger partial charge in [0.2, 0.25) is 5.91 Å². The molecular weight excluding hydrogens is 819 g/mol. The average molecular weight is 870 g/mol. The van der Waals surface area contributed by atoms with Gasteiger partial charge in [-0.25, -0.2) is 15.0 Å². The lowest BCUT2D eigenvalue weighted by Crippen LogP contribution is -2.47. The third-order valence-corrected chi connectivity index (χ3v) is 10.4. The maximum absolute atomic E-state index is 13.0. The van der Waals surface area contributed by atoms with Gasteiger partial charge in [0.05, 0.1) is 25.4 Å². The molecule has 326 valence electrons. The fraction of sp³-hybridized carbons (Fsp3) is 0.283. The van der Waals surface area contributed by atoms with Crippen LogP contribution >= 0.6 is 11.8 Å². The van der Waals surface area contributed by atoms with Crippen LogP contribution in [-0.2, 0) is 27.4 Å². The zero-order valence-corrected chi connectivity index (χ0v) is 35.8. The maximum atomic E-state index is 13.0. The first-order valence-electron chi connectivity index (χ1n) is 20.6. The Balaban J connectivity index is 0.864. The first kappa shape index (κ1) is 45.7. The molecule has 4 aromatic carbocycles. The maximum Gasteiger partial charge on any atom is 0.296 e. The summed E-state index contributed by atoms with van der Waals surface area (Å²) in [5.41, 5.74) is 10.1. The number of anilines is 2. The fourth-order valence-electron chi connectivity index (χ4n) is 6.08. The number of hydrogen-bond donors (Lipinski definition) is 6. The van der Waals surface area contributed by atoms with E-state index in [4.69, 9.17) is 25.2 Å². The van der Waals surface area contributed by atoms with E-state index in [9.17, 15) is 14.4 Å². The van der Waals surface area contributed by atoms with Crippen molar-refractivity contribution in [1.29, 1.82) is 0 Å². The molecule has 0 bridgehead atoms. The first-order valence-corrected chi connectivity index (χ1v) is 21.6. The largest absolute Gasteiger partial charge is 0.455 e. The van der Waals surface area contributed by atoms with Crippen molar-refractivity contribution in [2.75, 3.05) is 55.8 Å². The van der Waals surface area contributed by atoms with Crippen molar-refractivity contribution in [3.63, 3.8) is 0 Å². The molecule has 7 N–H and O–H groups in total. The molecule has 17 heteroatoms. The van der Waals surface area contributed by atoms with E-state index in [0.717, 1.165) is 40.0 Å². The molecule has 6 rings (SSSR count). The summed E-state index contributed by atoms with van der Waals surface area (Å²) >= 11 is 1.62. The van der Waals surface area contributed by atoms with Crippen molar-refractivity contribution >= 4 is 51.9 Å². The number of benzene rings is 4. The van der Waals surface area contributed by atoms with Gasteiger partial charge in [0.15, 0.2) is 22.8 Å². The molecular formula is C46H51N11O5S. The van der Waals surface area contributed by atoms with Crippen LogP contribution in [0.2, 0.25) is 0 Å². The van der Waals surface area contributed by atoms with Gasteiger partial charge in [0.1, 0.15) is 11.9 Å². The number of rotatable bonds is 21. The molecule has 2 atom stereocenters. The number of nitrogens with one attached hydrogen (secondary N) is 5. The van der Waals surface area contributed by atoms with Crippen LogP contribution in [0.5, 0.6) is 11.5 Å². The van der Waals surface area contributed by atoms with Crippen LogP contribution < -0.4 is 37.1 Å². The van der Waals surface area contributed by atoms with Gasteiger partial charge in [-0.05, 0) is 84.3 Å². The molecule has 0 aliphatic carbocycles. The Hall–Kier alpha value is -6.84. The molecule has 0 fully saturated rings. The summed E-state index contributed by atoms with van der Waals surface area (Å²) in [6, 6.07) is 28.9.